The first-order valence-corrected chi connectivity index (χ1v) is 4.16. The molecule has 0 unspecified atom stereocenters. The van der Waals surface area contributed by atoms with Crippen LogP contribution in [0.3, 0.4) is 0 Å². The molecule has 0 aromatic carbocycles. The van der Waals surface area contributed by atoms with Gasteiger partial charge in [-0.2, -0.15) is 0 Å². The molecule has 0 radical (unpaired) electrons. The first-order chi connectivity index (χ1) is 6.33. The Morgan fingerprint density at radius 1 is 1.14 bits per heavy atom. The van der Waals surface area contributed by atoms with E-state index in [4.69, 9.17) is 0 Å². The van der Waals surface area contributed by atoms with Gasteiger partial charge in [0.05, 0.1) is 0 Å². The standard InChI is InChI=1S/C8H12N.BF4/c1-3-9-6-4-8(2)5-7-9;2-1(3,4)5/h4-7H,3H2,1-2H3;/q+1;-1. The van der Waals surface area contributed by atoms with E-state index in [-0.39, 0.29) is 0 Å². The summed E-state index contributed by atoms with van der Waals surface area (Å²) in [4.78, 5) is 0. The van der Waals surface area contributed by atoms with Gasteiger partial charge in [-0.3, -0.25) is 0 Å². The normalized spacial score (nSPS) is 10.4. The van der Waals surface area contributed by atoms with E-state index in [1.165, 1.54) is 5.56 Å². The van der Waals surface area contributed by atoms with Crippen molar-refractivity contribution in [3.8, 4) is 0 Å². The molecule has 0 aliphatic carbocycles. The van der Waals surface area contributed by atoms with Crippen molar-refractivity contribution in [3.63, 3.8) is 0 Å². The van der Waals surface area contributed by atoms with Crippen molar-refractivity contribution in [2.24, 2.45) is 0 Å². The fourth-order valence-electron chi connectivity index (χ4n) is 0.743. The second-order valence-corrected chi connectivity index (χ2v) is 2.70. The summed E-state index contributed by atoms with van der Waals surface area (Å²) in [7, 11) is -6.00. The van der Waals surface area contributed by atoms with Crippen molar-refractivity contribution >= 4 is 7.25 Å². The number of nitrogens with zero attached hydrogens (tertiary/aromatic N) is 1. The SMILES string of the molecule is CC[n+]1ccc(C)cc1.F[B-](F)(F)F. The Hall–Kier alpha value is -1.07. The lowest BCUT2D eigenvalue weighted by Crippen LogP contribution is -2.30. The molecule has 0 spiro atoms. The average molecular weight is 209 g/mol. The summed E-state index contributed by atoms with van der Waals surface area (Å²) in [5.41, 5.74) is 1.32. The van der Waals surface area contributed by atoms with Gasteiger partial charge in [0.2, 0.25) is 0 Å². The number of halogens is 4. The Bertz CT molecular complexity index is 251. The summed E-state index contributed by atoms with van der Waals surface area (Å²) >= 11 is 0. The summed E-state index contributed by atoms with van der Waals surface area (Å²) in [5.74, 6) is 0. The first kappa shape index (κ1) is 12.9. The van der Waals surface area contributed by atoms with Crippen LogP contribution in [-0.4, -0.2) is 7.25 Å². The van der Waals surface area contributed by atoms with Gasteiger partial charge in [-0.1, -0.05) is 0 Å². The summed E-state index contributed by atoms with van der Waals surface area (Å²) in [6.07, 6.45) is 4.19. The van der Waals surface area contributed by atoms with Crippen LogP contribution in [0.5, 0.6) is 0 Å². The smallest absolute Gasteiger partial charge is 0.418 e. The minimum absolute atomic E-state index is 1.06. The predicted molar refractivity (Wildman–Crippen MR) is 47.2 cm³/mol. The zero-order chi connectivity index (χ0) is 11.2. The quantitative estimate of drug-likeness (QED) is 0.380. The fourth-order valence-corrected chi connectivity index (χ4v) is 0.743. The van der Waals surface area contributed by atoms with E-state index in [9.17, 15) is 17.3 Å². The van der Waals surface area contributed by atoms with Gasteiger partial charge in [0.25, 0.3) is 0 Å². The number of aryl methyl sites for hydroxylation is 2. The van der Waals surface area contributed by atoms with Crippen molar-refractivity contribution in [2.75, 3.05) is 0 Å². The van der Waals surface area contributed by atoms with Crippen LogP contribution in [0.1, 0.15) is 12.5 Å². The monoisotopic (exact) mass is 209 g/mol. The largest absolute Gasteiger partial charge is 0.673 e. The number of hydrogen-bond acceptors (Lipinski definition) is 0. The van der Waals surface area contributed by atoms with Gasteiger partial charge < -0.3 is 17.3 Å². The Balaban J connectivity index is 0.000000292. The Morgan fingerprint density at radius 2 is 1.50 bits per heavy atom. The van der Waals surface area contributed by atoms with E-state index in [1.807, 2.05) is 0 Å². The molecule has 1 aromatic rings. The van der Waals surface area contributed by atoms with Crippen molar-refractivity contribution in [1.82, 2.24) is 0 Å². The van der Waals surface area contributed by atoms with E-state index in [2.05, 4.69) is 42.9 Å². The topological polar surface area (TPSA) is 3.88 Å². The number of pyridine rings is 1. The van der Waals surface area contributed by atoms with Crippen LogP contribution < -0.4 is 4.57 Å². The van der Waals surface area contributed by atoms with Crippen molar-refractivity contribution in [1.29, 1.82) is 0 Å². The third-order valence-electron chi connectivity index (χ3n) is 1.42. The molecule has 1 heterocycles. The molecule has 14 heavy (non-hydrogen) atoms. The van der Waals surface area contributed by atoms with Crippen LogP contribution >= 0.6 is 0 Å². The molecule has 0 aliphatic heterocycles. The highest BCUT2D eigenvalue weighted by molar-refractivity contribution is 6.50. The second kappa shape index (κ2) is 5.62. The van der Waals surface area contributed by atoms with Gasteiger partial charge in [-0.05, 0) is 19.4 Å². The van der Waals surface area contributed by atoms with Gasteiger partial charge in [-0.25, -0.2) is 4.57 Å². The Labute approximate surface area is 80.5 Å². The Kier molecular flexibility index (Phi) is 5.19. The molecule has 0 bridgehead atoms. The molecule has 0 fully saturated rings. The van der Waals surface area contributed by atoms with Gasteiger partial charge in [-0.15, -0.1) is 0 Å². The average Bonchev–Trinajstić information content (AvgIpc) is 2.03. The fraction of sp³-hybridized carbons (Fsp3) is 0.375. The van der Waals surface area contributed by atoms with Crippen LogP contribution in [0.2, 0.25) is 0 Å². The highest BCUT2D eigenvalue weighted by Gasteiger charge is 2.20. The van der Waals surface area contributed by atoms with Crippen LogP contribution in [0.4, 0.5) is 17.3 Å². The summed E-state index contributed by atoms with van der Waals surface area (Å²) < 4.78 is 41.1. The number of aromatic nitrogens is 1. The van der Waals surface area contributed by atoms with E-state index < -0.39 is 7.25 Å². The zero-order valence-electron chi connectivity index (χ0n) is 8.05. The highest BCUT2D eigenvalue weighted by atomic mass is 19.5. The van der Waals surface area contributed by atoms with Crippen molar-refractivity contribution in [2.45, 2.75) is 20.4 Å². The van der Waals surface area contributed by atoms with Crippen LogP contribution in [-0.2, 0) is 6.54 Å². The van der Waals surface area contributed by atoms with Gasteiger partial charge in [0.15, 0.2) is 12.4 Å². The molecule has 0 saturated heterocycles. The van der Waals surface area contributed by atoms with Crippen LogP contribution in [0.25, 0.3) is 0 Å². The molecular weight excluding hydrogens is 197 g/mol. The summed E-state index contributed by atoms with van der Waals surface area (Å²) in [6, 6.07) is 4.23. The molecule has 0 saturated carbocycles. The lowest BCUT2D eigenvalue weighted by Gasteiger charge is -1.94. The summed E-state index contributed by atoms with van der Waals surface area (Å²) in [6.45, 7) is 5.29. The number of rotatable bonds is 1. The van der Waals surface area contributed by atoms with Crippen LogP contribution in [0.15, 0.2) is 24.5 Å². The van der Waals surface area contributed by atoms with Gasteiger partial charge in [0.1, 0.15) is 6.54 Å². The van der Waals surface area contributed by atoms with Gasteiger partial charge in [0, 0.05) is 12.1 Å². The molecule has 0 N–H and O–H groups in total. The number of hydrogen-bond donors (Lipinski definition) is 0. The van der Waals surface area contributed by atoms with Crippen molar-refractivity contribution in [3.05, 3.63) is 30.1 Å². The molecule has 1 rings (SSSR count). The lowest BCUT2D eigenvalue weighted by molar-refractivity contribution is -0.693. The second-order valence-electron chi connectivity index (χ2n) is 2.70. The zero-order valence-corrected chi connectivity index (χ0v) is 8.05. The maximum atomic E-state index is 9.75. The van der Waals surface area contributed by atoms with Crippen molar-refractivity contribution < 1.29 is 21.8 Å². The van der Waals surface area contributed by atoms with Gasteiger partial charge >= 0.3 is 7.25 Å². The van der Waals surface area contributed by atoms with E-state index in [0.717, 1.165) is 6.54 Å². The maximum absolute atomic E-state index is 9.75. The first-order valence-electron chi connectivity index (χ1n) is 4.16. The molecule has 6 heteroatoms. The minimum atomic E-state index is -6.00. The Morgan fingerprint density at radius 3 is 1.79 bits per heavy atom. The molecular formula is C8H12BF4N. The highest BCUT2D eigenvalue weighted by Crippen LogP contribution is 2.06. The maximum Gasteiger partial charge on any atom is 0.673 e. The third kappa shape index (κ3) is 9.03. The van der Waals surface area contributed by atoms with Crippen LogP contribution in [0, 0.1) is 6.92 Å². The molecule has 0 aliphatic rings. The lowest BCUT2D eigenvalue weighted by atomic mass is 10.3. The van der Waals surface area contributed by atoms with E-state index in [1.54, 1.807) is 0 Å². The minimum Gasteiger partial charge on any atom is -0.418 e. The molecule has 0 atom stereocenters. The molecule has 1 nitrogen and oxygen atoms in total. The molecule has 0 amide bonds. The van der Waals surface area contributed by atoms with E-state index >= 15 is 0 Å². The molecule has 80 valence electrons. The van der Waals surface area contributed by atoms with E-state index in [0.29, 0.717) is 0 Å². The molecule has 1 aromatic heterocycles. The summed E-state index contributed by atoms with van der Waals surface area (Å²) in [5, 5.41) is 0. The predicted octanol–water partition coefficient (Wildman–Crippen LogP) is 2.60. The third-order valence-corrected chi connectivity index (χ3v) is 1.42.